The Morgan fingerprint density at radius 2 is 2.04 bits per heavy atom. The molecular weight excluding hydrogens is 322 g/mol. The first kappa shape index (κ1) is 15.6. The van der Waals surface area contributed by atoms with Crippen LogP contribution in [0.25, 0.3) is 10.9 Å². The number of aromatic nitrogens is 2. The van der Waals surface area contributed by atoms with Gasteiger partial charge in [0.2, 0.25) is 0 Å². The van der Waals surface area contributed by atoms with Crippen LogP contribution < -0.4 is 5.56 Å². The fourth-order valence-electron chi connectivity index (χ4n) is 4.51. The molecule has 1 saturated heterocycles. The third kappa shape index (κ3) is 2.49. The summed E-state index contributed by atoms with van der Waals surface area (Å²) in [6.45, 7) is 2.15. The van der Waals surface area contributed by atoms with Crippen molar-refractivity contribution in [2.75, 3.05) is 0 Å². The van der Waals surface area contributed by atoms with Gasteiger partial charge in [0.05, 0.1) is 10.9 Å². The van der Waals surface area contributed by atoms with Gasteiger partial charge in [-0.15, -0.1) is 0 Å². The molecule has 1 saturated carbocycles. The largest absolute Gasteiger partial charge is 0.333 e. The number of carbonyl (C=O) groups excluding carboxylic acids is 1. The Hall–Kier alpha value is -1.95. The summed E-state index contributed by atoms with van der Waals surface area (Å²) >= 11 is 5.03. The average Bonchev–Trinajstić information content (AvgIpc) is 2.89. The summed E-state index contributed by atoms with van der Waals surface area (Å²) in [5, 5.41) is 0.519. The highest BCUT2D eigenvalue weighted by atomic mass is 32.1. The number of aromatic amines is 2. The van der Waals surface area contributed by atoms with E-state index in [4.69, 9.17) is 12.2 Å². The van der Waals surface area contributed by atoms with Crippen LogP contribution in [0.2, 0.25) is 0 Å². The van der Waals surface area contributed by atoms with Crippen molar-refractivity contribution in [3.63, 3.8) is 0 Å². The second-order valence-electron chi connectivity index (χ2n) is 7.08. The standard InChI is InChI=1S/C18H21N3O2S/c1-10-8-11-4-2-3-5-15(11)21(10)17(23)12-6-7-13-14(9-12)19-18(24)20-16(13)22/h6-7,9-11,15H,2-5,8H2,1H3,(H2,19,20,22,24)/t10-,11-,15+/m1/s1. The molecule has 2 heterocycles. The first-order chi connectivity index (χ1) is 11.5. The highest BCUT2D eigenvalue weighted by Crippen LogP contribution is 2.40. The van der Waals surface area contributed by atoms with E-state index in [0.717, 1.165) is 12.8 Å². The Kier molecular flexibility index (Phi) is 3.79. The van der Waals surface area contributed by atoms with Gasteiger partial charge in [-0.05, 0) is 62.5 Å². The minimum atomic E-state index is -0.227. The number of hydrogen-bond acceptors (Lipinski definition) is 3. The molecule has 2 aliphatic rings. The molecule has 0 bridgehead atoms. The predicted molar refractivity (Wildman–Crippen MR) is 95.7 cm³/mol. The molecule has 1 aliphatic heterocycles. The van der Waals surface area contributed by atoms with E-state index in [0.29, 0.717) is 28.4 Å². The summed E-state index contributed by atoms with van der Waals surface area (Å²) in [5.41, 5.74) is 1.01. The summed E-state index contributed by atoms with van der Waals surface area (Å²) in [6, 6.07) is 5.85. The van der Waals surface area contributed by atoms with Crippen LogP contribution in [0.5, 0.6) is 0 Å². The molecule has 0 unspecified atom stereocenters. The third-order valence-electron chi connectivity index (χ3n) is 5.57. The molecule has 126 valence electrons. The first-order valence-electron chi connectivity index (χ1n) is 8.63. The monoisotopic (exact) mass is 343 g/mol. The van der Waals surface area contributed by atoms with Gasteiger partial charge in [-0.1, -0.05) is 12.8 Å². The fraction of sp³-hybridized carbons (Fsp3) is 0.500. The Labute approximate surface area is 145 Å². The number of nitrogens with one attached hydrogen (secondary N) is 2. The number of carbonyl (C=O) groups is 1. The van der Waals surface area contributed by atoms with E-state index < -0.39 is 0 Å². The zero-order valence-electron chi connectivity index (χ0n) is 13.7. The molecule has 1 aromatic heterocycles. The molecule has 24 heavy (non-hydrogen) atoms. The summed E-state index contributed by atoms with van der Waals surface area (Å²) in [6.07, 6.45) is 5.94. The molecule has 2 fully saturated rings. The van der Waals surface area contributed by atoms with Crippen LogP contribution in [0.3, 0.4) is 0 Å². The van der Waals surface area contributed by atoms with Crippen LogP contribution in [-0.4, -0.2) is 32.9 Å². The molecule has 1 amide bonds. The number of hydrogen-bond donors (Lipinski definition) is 2. The molecule has 0 radical (unpaired) electrons. The third-order valence-corrected chi connectivity index (χ3v) is 5.77. The van der Waals surface area contributed by atoms with Gasteiger partial charge < -0.3 is 9.88 Å². The lowest BCUT2D eigenvalue weighted by Crippen LogP contribution is -2.42. The lowest BCUT2D eigenvalue weighted by atomic mass is 9.85. The SMILES string of the molecule is C[C@@H]1C[C@H]2CCCC[C@@H]2N1C(=O)c1ccc2c(=O)[nH]c(=S)[nH]c2c1. The number of H-pyrrole nitrogens is 2. The predicted octanol–water partition coefficient (Wildman–Crippen LogP) is 3.38. The van der Waals surface area contributed by atoms with Crippen LogP contribution in [0.15, 0.2) is 23.0 Å². The summed E-state index contributed by atoms with van der Waals surface area (Å²) in [4.78, 5) is 32.7. The van der Waals surface area contributed by atoms with Crippen LogP contribution in [0, 0.1) is 10.7 Å². The number of nitrogens with zero attached hydrogens (tertiary/aromatic N) is 1. The number of benzene rings is 1. The van der Waals surface area contributed by atoms with Crippen LogP contribution >= 0.6 is 12.2 Å². The van der Waals surface area contributed by atoms with Crippen molar-refractivity contribution in [2.24, 2.45) is 5.92 Å². The van der Waals surface area contributed by atoms with E-state index in [-0.39, 0.29) is 22.3 Å². The second-order valence-corrected chi connectivity index (χ2v) is 7.49. The van der Waals surface area contributed by atoms with Crippen molar-refractivity contribution in [3.8, 4) is 0 Å². The minimum Gasteiger partial charge on any atom is -0.333 e. The maximum Gasteiger partial charge on any atom is 0.259 e. The Morgan fingerprint density at radius 3 is 2.88 bits per heavy atom. The first-order valence-corrected chi connectivity index (χ1v) is 9.04. The van der Waals surface area contributed by atoms with Crippen molar-refractivity contribution in [3.05, 3.63) is 38.9 Å². The summed E-state index contributed by atoms with van der Waals surface area (Å²) in [7, 11) is 0. The molecule has 4 rings (SSSR count). The van der Waals surface area contributed by atoms with Gasteiger partial charge in [-0.25, -0.2) is 0 Å². The molecule has 1 aromatic carbocycles. The minimum absolute atomic E-state index is 0.0680. The smallest absolute Gasteiger partial charge is 0.259 e. The normalized spacial score (nSPS) is 26.5. The average molecular weight is 343 g/mol. The number of amides is 1. The van der Waals surface area contributed by atoms with E-state index in [1.807, 2.05) is 0 Å². The lowest BCUT2D eigenvalue weighted by molar-refractivity contribution is 0.0633. The van der Waals surface area contributed by atoms with E-state index in [2.05, 4.69) is 21.8 Å². The van der Waals surface area contributed by atoms with E-state index in [1.54, 1.807) is 18.2 Å². The van der Waals surface area contributed by atoms with Crippen LogP contribution in [0.4, 0.5) is 0 Å². The van der Waals surface area contributed by atoms with Gasteiger partial charge >= 0.3 is 0 Å². The van der Waals surface area contributed by atoms with E-state index in [1.165, 1.54) is 19.3 Å². The quantitative estimate of drug-likeness (QED) is 0.780. The summed E-state index contributed by atoms with van der Waals surface area (Å²) < 4.78 is 0.277. The lowest BCUT2D eigenvalue weighted by Gasteiger charge is -2.33. The van der Waals surface area contributed by atoms with Crippen molar-refractivity contribution in [2.45, 2.75) is 51.1 Å². The topological polar surface area (TPSA) is 69.0 Å². The van der Waals surface area contributed by atoms with Gasteiger partial charge in [0, 0.05) is 17.6 Å². The maximum absolute atomic E-state index is 13.1. The van der Waals surface area contributed by atoms with Crippen molar-refractivity contribution < 1.29 is 4.79 Å². The molecule has 5 nitrogen and oxygen atoms in total. The molecule has 6 heteroatoms. The van der Waals surface area contributed by atoms with Crippen molar-refractivity contribution in [1.29, 1.82) is 0 Å². The van der Waals surface area contributed by atoms with Gasteiger partial charge in [-0.2, -0.15) is 0 Å². The Balaban J connectivity index is 1.73. The molecule has 1 aliphatic carbocycles. The van der Waals surface area contributed by atoms with E-state index in [9.17, 15) is 9.59 Å². The van der Waals surface area contributed by atoms with Crippen molar-refractivity contribution in [1.82, 2.24) is 14.9 Å². The molecule has 2 aromatic rings. The number of likely N-dealkylation sites (tertiary alicyclic amines) is 1. The van der Waals surface area contributed by atoms with E-state index >= 15 is 0 Å². The van der Waals surface area contributed by atoms with Crippen molar-refractivity contribution >= 4 is 29.0 Å². The van der Waals surface area contributed by atoms with Gasteiger partial charge in [0.25, 0.3) is 11.5 Å². The molecular formula is C18H21N3O2S. The second kappa shape index (κ2) is 5.84. The van der Waals surface area contributed by atoms with Crippen LogP contribution in [0.1, 0.15) is 49.4 Å². The highest BCUT2D eigenvalue weighted by molar-refractivity contribution is 7.71. The number of rotatable bonds is 1. The van der Waals surface area contributed by atoms with Gasteiger partial charge in [0.15, 0.2) is 4.77 Å². The number of fused-ring (bicyclic) bond motifs is 2. The molecule has 3 atom stereocenters. The van der Waals surface area contributed by atoms with Gasteiger partial charge in [-0.3, -0.25) is 14.6 Å². The zero-order valence-corrected chi connectivity index (χ0v) is 14.5. The van der Waals surface area contributed by atoms with Gasteiger partial charge in [0.1, 0.15) is 0 Å². The van der Waals surface area contributed by atoms with Crippen LogP contribution in [-0.2, 0) is 0 Å². The zero-order chi connectivity index (χ0) is 16.8. The Bertz CT molecular complexity index is 916. The maximum atomic E-state index is 13.1. The highest BCUT2D eigenvalue weighted by Gasteiger charge is 2.42. The molecule has 0 spiro atoms. The summed E-state index contributed by atoms with van der Waals surface area (Å²) in [5.74, 6) is 0.713. The Morgan fingerprint density at radius 1 is 1.25 bits per heavy atom. The fourth-order valence-corrected chi connectivity index (χ4v) is 4.71. The molecule has 2 N–H and O–H groups in total.